The molecule has 0 aliphatic rings. The van der Waals surface area contributed by atoms with Crippen molar-refractivity contribution in [3.63, 3.8) is 0 Å². The lowest BCUT2D eigenvalue weighted by Crippen LogP contribution is -2.30. The normalized spacial score (nSPS) is 12.0. The topological polar surface area (TPSA) is 78.9 Å². The van der Waals surface area contributed by atoms with Gasteiger partial charge in [0.1, 0.15) is 13.2 Å². The second-order valence-corrected chi connectivity index (χ2v) is 23.5. The van der Waals surface area contributed by atoms with Crippen LogP contribution in [0.15, 0.2) is 12.2 Å². The van der Waals surface area contributed by atoms with E-state index in [1.54, 1.807) is 0 Å². The van der Waals surface area contributed by atoms with Crippen LogP contribution in [-0.4, -0.2) is 37.2 Å². The largest absolute Gasteiger partial charge is 0.462 e. The lowest BCUT2D eigenvalue weighted by molar-refractivity contribution is -0.167. The summed E-state index contributed by atoms with van der Waals surface area (Å²) in [4.78, 5) is 38.2. The molecule has 0 aromatic rings. The molecule has 0 aliphatic heterocycles. The van der Waals surface area contributed by atoms with Crippen molar-refractivity contribution < 1.29 is 28.6 Å². The number of hydrogen-bond acceptors (Lipinski definition) is 6. The van der Waals surface area contributed by atoms with Crippen LogP contribution in [0.2, 0.25) is 0 Å². The van der Waals surface area contributed by atoms with Crippen LogP contribution >= 0.6 is 0 Å². The minimum absolute atomic E-state index is 0.0623. The molecule has 0 amide bonds. The van der Waals surface area contributed by atoms with Crippen molar-refractivity contribution in [1.82, 2.24) is 0 Å². The molecule has 0 aromatic carbocycles. The van der Waals surface area contributed by atoms with Crippen LogP contribution in [0.3, 0.4) is 0 Å². The van der Waals surface area contributed by atoms with Gasteiger partial charge in [0.25, 0.3) is 0 Å². The molecular formula is C69H132O6. The van der Waals surface area contributed by atoms with Crippen molar-refractivity contribution in [3.8, 4) is 0 Å². The average Bonchev–Trinajstić information content (AvgIpc) is 3.41. The van der Waals surface area contributed by atoms with E-state index in [1.807, 2.05) is 0 Å². The molecule has 0 saturated heterocycles. The van der Waals surface area contributed by atoms with Crippen molar-refractivity contribution in [1.29, 1.82) is 0 Å². The fraction of sp³-hybridized carbons (Fsp3) is 0.928. The maximum Gasteiger partial charge on any atom is 0.306 e. The van der Waals surface area contributed by atoms with E-state index in [2.05, 4.69) is 32.9 Å². The Kier molecular flexibility index (Phi) is 63.1. The smallest absolute Gasteiger partial charge is 0.306 e. The summed E-state index contributed by atoms with van der Waals surface area (Å²) in [6, 6.07) is 0. The van der Waals surface area contributed by atoms with Crippen LogP contribution in [-0.2, 0) is 28.6 Å². The van der Waals surface area contributed by atoms with E-state index in [4.69, 9.17) is 14.2 Å². The lowest BCUT2D eigenvalue weighted by atomic mass is 10.0. The quantitative estimate of drug-likeness (QED) is 0.0261. The molecule has 0 saturated carbocycles. The van der Waals surface area contributed by atoms with Gasteiger partial charge in [0, 0.05) is 19.3 Å². The van der Waals surface area contributed by atoms with E-state index in [-0.39, 0.29) is 31.1 Å². The highest BCUT2D eigenvalue weighted by Crippen LogP contribution is 2.19. The van der Waals surface area contributed by atoms with Crippen molar-refractivity contribution in [3.05, 3.63) is 12.2 Å². The first-order valence-corrected chi connectivity index (χ1v) is 34.2. The molecule has 0 heterocycles. The Bertz CT molecular complexity index is 1170. The first kappa shape index (κ1) is 73.2. The minimum atomic E-state index is -0.763. The van der Waals surface area contributed by atoms with Gasteiger partial charge in [-0.3, -0.25) is 14.4 Å². The van der Waals surface area contributed by atoms with E-state index in [9.17, 15) is 14.4 Å². The number of allylic oxidation sites excluding steroid dienone is 2. The molecule has 0 radical (unpaired) electrons. The SMILES string of the molecule is CCCCCCCCCC/C=C\CCCCCCCCCCCCCCCCCCCCCC(=O)OCC(COC(=O)CCCCCCCCCCCCC)OC(=O)CCCCCCCCCCCCCCCCC. The van der Waals surface area contributed by atoms with Crippen molar-refractivity contribution in [2.75, 3.05) is 13.2 Å². The summed E-state index contributed by atoms with van der Waals surface area (Å²) >= 11 is 0. The standard InChI is InChI=1S/C69H132O6/c1-4-7-10-13-16-19-22-24-26-27-28-29-30-31-32-33-34-35-36-37-38-39-40-41-43-44-47-50-53-56-59-62-68(71)74-65-66(64-73-67(70)61-58-55-52-49-46-21-18-15-12-9-6-3)75-69(72)63-60-57-54-51-48-45-42-25-23-20-17-14-11-8-5-2/h27-28,66H,4-26,29-65H2,1-3H3/b28-27-. The van der Waals surface area contributed by atoms with Gasteiger partial charge in [0.15, 0.2) is 6.10 Å². The molecule has 0 rings (SSSR count). The Morgan fingerprint density at radius 2 is 0.440 bits per heavy atom. The third-order valence-corrected chi connectivity index (χ3v) is 15.8. The Morgan fingerprint density at radius 3 is 0.667 bits per heavy atom. The highest BCUT2D eigenvalue weighted by atomic mass is 16.6. The molecule has 75 heavy (non-hydrogen) atoms. The number of carbonyl (C=O) groups is 3. The predicted molar refractivity (Wildman–Crippen MR) is 326 cm³/mol. The zero-order valence-corrected chi connectivity index (χ0v) is 51.1. The molecule has 444 valence electrons. The zero-order valence-electron chi connectivity index (χ0n) is 51.1. The van der Waals surface area contributed by atoms with Crippen LogP contribution < -0.4 is 0 Å². The van der Waals surface area contributed by atoms with Crippen molar-refractivity contribution in [2.24, 2.45) is 0 Å². The summed E-state index contributed by atoms with van der Waals surface area (Å²) in [5.41, 5.74) is 0. The van der Waals surface area contributed by atoms with Gasteiger partial charge in [-0.05, 0) is 44.9 Å². The van der Waals surface area contributed by atoms with E-state index in [1.165, 1.54) is 295 Å². The molecule has 1 unspecified atom stereocenters. The van der Waals surface area contributed by atoms with Crippen LogP contribution in [0.4, 0.5) is 0 Å². The molecular weight excluding hydrogens is 925 g/mol. The molecule has 0 spiro atoms. The highest BCUT2D eigenvalue weighted by molar-refractivity contribution is 5.71. The molecule has 6 heteroatoms. The van der Waals surface area contributed by atoms with Gasteiger partial charge in [-0.15, -0.1) is 0 Å². The van der Waals surface area contributed by atoms with E-state index < -0.39 is 6.10 Å². The summed E-state index contributed by atoms with van der Waals surface area (Å²) in [6.07, 6.45) is 76.8. The average molecular weight is 1060 g/mol. The minimum Gasteiger partial charge on any atom is -0.462 e. The summed E-state index contributed by atoms with van der Waals surface area (Å²) in [5, 5.41) is 0. The predicted octanol–water partition coefficient (Wildman–Crippen LogP) is 23.2. The number of esters is 3. The summed E-state index contributed by atoms with van der Waals surface area (Å²) in [5.74, 6) is -0.832. The molecule has 0 N–H and O–H groups in total. The molecule has 1 atom stereocenters. The Morgan fingerprint density at radius 1 is 0.253 bits per heavy atom. The Labute approximate surface area is 469 Å². The van der Waals surface area contributed by atoms with E-state index >= 15 is 0 Å². The van der Waals surface area contributed by atoms with Gasteiger partial charge in [-0.2, -0.15) is 0 Å². The van der Waals surface area contributed by atoms with Crippen molar-refractivity contribution in [2.45, 2.75) is 399 Å². The molecule has 0 aliphatic carbocycles. The molecule has 0 fully saturated rings. The Balaban J connectivity index is 4.05. The number of unbranched alkanes of at least 4 members (excludes halogenated alkanes) is 51. The maximum absolute atomic E-state index is 12.9. The number of ether oxygens (including phenoxy) is 3. The summed E-state index contributed by atoms with van der Waals surface area (Å²) < 4.78 is 16.9. The zero-order chi connectivity index (χ0) is 54.3. The van der Waals surface area contributed by atoms with Crippen LogP contribution in [0.5, 0.6) is 0 Å². The number of rotatable bonds is 64. The molecule has 0 bridgehead atoms. The van der Waals surface area contributed by atoms with Crippen LogP contribution in [0.25, 0.3) is 0 Å². The lowest BCUT2D eigenvalue weighted by Gasteiger charge is -2.18. The van der Waals surface area contributed by atoms with Gasteiger partial charge >= 0.3 is 17.9 Å². The molecule has 0 aromatic heterocycles. The maximum atomic E-state index is 12.9. The summed E-state index contributed by atoms with van der Waals surface area (Å²) in [6.45, 7) is 6.71. The third kappa shape index (κ3) is 62.9. The van der Waals surface area contributed by atoms with E-state index in [0.717, 1.165) is 57.8 Å². The second-order valence-electron chi connectivity index (χ2n) is 23.5. The van der Waals surface area contributed by atoms with Crippen LogP contribution in [0.1, 0.15) is 393 Å². The van der Waals surface area contributed by atoms with Gasteiger partial charge in [-0.25, -0.2) is 0 Å². The molecule has 6 nitrogen and oxygen atoms in total. The van der Waals surface area contributed by atoms with E-state index in [0.29, 0.717) is 19.3 Å². The van der Waals surface area contributed by atoms with Crippen molar-refractivity contribution >= 4 is 17.9 Å². The van der Waals surface area contributed by atoms with Gasteiger partial charge in [0.05, 0.1) is 0 Å². The van der Waals surface area contributed by atoms with Gasteiger partial charge < -0.3 is 14.2 Å². The first-order valence-electron chi connectivity index (χ1n) is 34.2. The van der Waals surface area contributed by atoms with Gasteiger partial charge in [-0.1, -0.05) is 341 Å². The highest BCUT2D eigenvalue weighted by Gasteiger charge is 2.19. The first-order chi connectivity index (χ1) is 37.0. The Hall–Kier alpha value is -1.85. The third-order valence-electron chi connectivity index (χ3n) is 15.8. The fourth-order valence-electron chi connectivity index (χ4n) is 10.6. The van der Waals surface area contributed by atoms with Gasteiger partial charge in [0.2, 0.25) is 0 Å². The number of carbonyl (C=O) groups excluding carboxylic acids is 3. The summed E-state index contributed by atoms with van der Waals surface area (Å²) in [7, 11) is 0. The van der Waals surface area contributed by atoms with Crippen LogP contribution in [0, 0.1) is 0 Å². The number of hydrogen-bond donors (Lipinski definition) is 0. The fourth-order valence-corrected chi connectivity index (χ4v) is 10.6. The second kappa shape index (κ2) is 64.7. The monoisotopic (exact) mass is 1060 g/mol.